The Kier molecular flexibility index (Phi) is 6.27. The number of anilines is 1. The molecule has 1 heterocycles. The number of hydrogen-bond acceptors (Lipinski definition) is 4. The zero-order valence-corrected chi connectivity index (χ0v) is 16.0. The van der Waals surface area contributed by atoms with E-state index in [2.05, 4.69) is 5.32 Å². The van der Waals surface area contributed by atoms with Crippen molar-refractivity contribution in [1.29, 1.82) is 0 Å². The first kappa shape index (κ1) is 19.1. The maximum atomic E-state index is 12.3. The zero-order chi connectivity index (χ0) is 19.2. The van der Waals surface area contributed by atoms with Gasteiger partial charge in [-0.15, -0.1) is 0 Å². The number of rotatable bonds is 7. The van der Waals surface area contributed by atoms with Crippen LogP contribution in [0.1, 0.15) is 23.2 Å². The van der Waals surface area contributed by atoms with Crippen LogP contribution in [0.4, 0.5) is 5.69 Å². The molecule has 0 spiro atoms. The fourth-order valence-electron chi connectivity index (χ4n) is 2.30. The van der Waals surface area contributed by atoms with Crippen molar-refractivity contribution in [3.8, 4) is 11.5 Å². The molecule has 0 saturated carbocycles. The minimum Gasteiger partial charge on any atom is -0.494 e. The quantitative estimate of drug-likeness (QED) is 0.538. The minimum absolute atomic E-state index is 0.173. The summed E-state index contributed by atoms with van der Waals surface area (Å²) in [6.45, 7) is 2.74. The van der Waals surface area contributed by atoms with E-state index in [1.165, 1.54) is 0 Å². The number of nitrogens with one attached hydrogen (secondary N) is 1. The van der Waals surface area contributed by atoms with E-state index in [1.54, 1.807) is 30.3 Å². The SMILES string of the molecule is CCOc1ccc(OCc2ccc(C(=O)Nc3ccc(Cl)c(Cl)c3)o2)cc1. The van der Waals surface area contributed by atoms with Crippen LogP contribution in [0.5, 0.6) is 11.5 Å². The second-order valence-corrected chi connectivity index (χ2v) is 6.36. The van der Waals surface area contributed by atoms with Crippen molar-refractivity contribution >= 4 is 34.8 Å². The van der Waals surface area contributed by atoms with E-state index < -0.39 is 0 Å². The van der Waals surface area contributed by atoms with Crippen LogP contribution in [0.3, 0.4) is 0 Å². The van der Waals surface area contributed by atoms with Crippen molar-refractivity contribution in [2.45, 2.75) is 13.5 Å². The highest BCUT2D eigenvalue weighted by Crippen LogP contribution is 2.25. The number of hydrogen-bond donors (Lipinski definition) is 1. The van der Waals surface area contributed by atoms with Crippen molar-refractivity contribution in [3.63, 3.8) is 0 Å². The van der Waals surface area contributed by atoms with Crippen LogP contribution in [0.2, 0.25) is 10.0 Å². The Morgan fingerprint density at radius 1 is 0.963 bits per heavy atom. The molecule has 140 valence electrons. The molecule has 0 aliphatic carbocycles. The molecule has 0 unspecified atom stereocenters. The number of furan rings is 1. The van der Waals surface area contributed by atoms with Gasteiger partial charge in [-0.3, -0.25) is 4.79 Å². The highest BCUT2D eigenvalue weighted by atomic mass is 35.5. The summed E-state index contributed by atoms with van der Waals surface area (Å²) in [7, 11) is 0. The van der Waals surface area contributed by atoms with E-state index in [0.717, 1.165) is 5.75 Å². The molecule has 27 heavy (non-hydrogen) atoms. The number of carbonyl (C=O) groups excluding carboxylic acids is 1. The van der Waals surface area contributed by atoms with Crippen LogP contribution in [0, 0.1) is 0 Å². The summed E-state index contributed by atoms with van der Waals surface area (Å²) in [6.07, 6.45) is 0. The molecule has 2 aromatic carbocycles. The second-order valence-electron chi connectivity index (χ2n) is 5.54. The molecule has 0 fully saturated rings. The molecule has 7 heteroatoms. The largest absolute Gasteiger partial charge is 0.494 e. The van der Waals surface area contributed by atoms with E-state index in [1.807, 2.05) is 31.2 Å². The van der Waals surface area contributed by atoms with Gasteiger partial charge < -0.3 is 19.2 Å². The molecule has 0 radical (unpaired) electrons. The fourth-order valence-corrected chi connectivity index (χ4v) is 2.60. The molecule has 0 aliphatic heterocycles. The third-order valence-electron chi connectivity index (χ3n) is 3.58. The van der Waals surface area contributed by atoms with Gasteiger partial charge in [-0.1, -0.05) is 23.2 Å². The summed E-state index contributed by atoms with van der Waals surface area (Å²) in [6, 6.07) is 15.4. The number of halogens is 2. The fraction of sp³-hybridized carbons (Fsp3) is 0.150. The van der Waals surface area contributed by atoms with Crippen LogP contribution in [0.25, 0.3) is 0 Å². The van der Waals surface area contributed by atoms with E-state index in [4.69, 9.17) is 37.1 Å². The normalized spacial score (nSPS) is 10.5. The van der Waals surface area contributed by atoms with Gasteiger partial charge in [0.15, 0.2) is 5.76 Å². The molecule has 3 rings (SSSR count). The van der Waals surface area contributed by atoms with E-state index in [0.29, 0.717) is 33.8 Å². The van der Waals surface area contributed by atoms with E-state index in [9.17, 15) is 4.79 Å². The van der Waals surface area contributed by atoms with E-state index >= 15 is 0 Å². The number of benzene rings is 2. The average molecular weight is 406 g/mol. The van der Waals surface area contributed by atoms with Crippen molar-refractivity contribution in [1.82, 2.24) is 0 Å². The summed E-state index contributed by atoms with van der Waals surface area (Å²) in [5.41, 5.74) is 0.526. The molecule has 0 atom stereocenters. The van der Waals surface area contributed by atoms with Crippen molar-refractivity contribution in [3.05, 3.63) is 76.2 Å². The van der Waals surface area contributed by atoms with Gasteiger partial charge in [0.1, 0.15) is 23.9 Å². The van der Waals surface area contributed by atoms with Crippen LogP contribution >= 0.6 is 23.2 Å². The molecule has 1 N–H and O–H groups in total. The zero-order valence-electron chi connectivity index (χ0n) is 14.5. The Labute approximate surface area is 166 Å². The van der Waals surface area contributed by atoms with Gasteiger partial charge in [0, 0.05) is 5.69 Å². The van der Waals surface area contributed by atoms with Gasteiger partial charge in [-0.05, 0) is 61.5 Å². The molecule has 0 aliphatic rings. The van der Waals surface area contributed by atoms with Gasteiger partial charge in [0.05, 0.1) is 16.7 Å². The van der Waals surface area contributed by atoms with Gasteiger partial charge in [-0.2, -0.15) is 0 Å². The first-order chi connectivity index (χ1) is 13.0. The topological polar surface area (TPSA) is 60.7 Å². The molecular weight excluding hydrogens is 389 g/mol. The first-order valence-corrected chi connectivity index (χ1v) is 9.01. The van der Waals surface area contributed by atoms with E-state index in [-0.39, 0.29) is 18.3 Å². The van der Waals surface area contributed by atoms with Crippen molar-refractivity contribution < 1.29 is 18.7 Å². The second kappa shape index (κ2) is 8.84. The number of amides is 1. The predicted molar refractivity (Wildman–Crippen MR) is 105 cm³/mol. The number of carbonyl (C=O) groups is 1. The molecule has 1 aromatic heterocycles. The Balaban J connectivity index is 1.57. The maximum Gasteiger partial charge on any atom is 0.291 e. The summed E-state index contributed by atoms with van der Waals surface area (Å²) < 4.78 is 16.6. The molecule has 1 amide bonds. The van der Waals surface area contributed by atoms with Crippen LogP contribution in [-0.2, 0) is 6.61 Å². The van der Waals surface area contributed by atoms with Crippen molar-refractivity contribution in [2.24, 2.45) is 0 Å². The average Bonchev–Trinajstić information content (AvgIpc) is 3.14. The lowest BCUT2D eigenvalue weighted by molar-refractivity contribution is 0.0992. The van der Waals surface area contributed by atoms with Crippen LogP contribution in [-0.4, -0.2) is 12.5 Å². The minimum atomic E-state index is -0.388. The van der Waals surface area contributed by atoms with Gasteiger partial charge in [0.25, 0.3) is 5.91 Å². The first-order valence-electron chi connectivity index (χ1n) is 8.26. The molecule has 5 nitrogen and oxygen atoms in total. The van der Waals surface area contributed by atoms with Gasteiger partial charge in [0.2, 0.25) is 0 Å². The third kappa shape index (κ3) is 5.18. The highest BCUT2D eigenvalue weighted by molar-refractivity contribution is 6.42. The standard InChI is InChI=1S/C20H17Cl2NO4/c1-2-25-14-4-6-15(7-5-14)26-12-16-8-10-19(27-16)20(24)23-13-3-9-17(21)18(22)11-13/h3-11H,2,12H2,1H3,(H,23,24). The highest BCUT2D eigenvalue weighted by Gasteiger charge is 2.12. The Bertz CT molecular complexity index is 922. The monoisotopic (exact) mass is 405 g/mol. The lowest BCUT2D eigenvalue weighted by Gasteiger charge is -2.06. The van der Waals surface area contributed by atoms with Gasteiger partial charge in [-0.25, -0.2) is 0 Å². The lowest BCUT2D eigenvalue weighted by atomic mass is 10.3. The summed E-state index contributed by atoms with van der Waals surface area (Å²) in [5.74, 6) is 1.77. The summed E-state index contributed by atoms with van der Waals surface area (Å²) >= 11 is 11.8. The van der Waals surface area contributed by atoms with Gasteiger partial charge >= 0.3 is 0 Å². The lowest BCUT2D eigenvalue weighted by Crippen LogP contribution is -2.10. The smallest absolute Gasteiger partial charge is 0.291 e. The van der Waals surface area contributed by atoms with Crippen LogP contribution in [0.15, 0.2) is 59.0 Å². The molecular formula is C20H17Cl2NO4. The maximum absolute atomic E-state index is 12.3. The summed E-state index contributed by atoms with van der Waals surface area (Å²) in [4.78, 5) is 12.3. The predicted octanol–water partition coefficient (Wildman–Crippen LogP) is 5.82. The third-order valence-corrected chi connectivity index (χ3v) is 4.32. The Morgan fingerprint density at radius 3 is 2.33 bits per heavy atom. The Hall–Kier alpha value is -2.63. The molecule has 3 aromatic rings. The summed E-state index contributed by atoms with van der Waals surface area (Å²) in [5, 5.41) is 3.48. The number of ether oxygens (including phenoxy) is 2. The molecule has 0 saturated heterocycles. The Morgan fingerprint density at radius 2 is 1.67 bits per heavy atom. The van der Waals surface area contributed by atoms with Crippen LogP contribution < -0.4 is 14.8 Å². The molecule has 0 bridgehead atoms. The van der Waals surface area contributed by atoms with Crippen molar-refractivity contribution in [2.75, 3.05) is 11.9 Å².